The fraction of sp³-hybridized carbons (Fsp3) is 0.929. The molecule has 2 aliphatic rings. The molecule has 0 bridgehead atoms. The minimum Gasteiger partial charge on any atom is -0.339 e. The van der Waals surface area contributed by atoms with Crippen LogP contribution < -0.4 is 0 Å². The van der Waals surface area contributed by atoms with Crippen molar-refractivity contribution in [3.05, 3.63) is 0 Å². The number of nitrogens with zero attached hydrogens (tertiary/aromatic N) is 2. The molecule has 0 N–H and O–H groups in total. The fourth-order valence-electron chi connectivity index (χ4n) is 2.74. The maximum atomic E-state index is 12.0. The third kappa shape index (κ3) is 3.44. The molecule has 0 aromatic rings. The van der Waals surface area contributed by atoms with E-state index in [1.54, 1.807) is 0 Å². The average molecular weight is 238 g/mol. The van der Waals surface area contributed by atoms with Gasteiger partial charge >= 0.3 is 0 Å². The van der Waals surface area contributed by atoms with Crippen molar-refractivity contribution in [1.82, 2.24) is 9.80 Å². The standard InChI is InChI=1S/C14H26N2O/c1-14(2,3)9-13(17)16-10-12(11-16)15-7-5-4-6-8-15/h12H,4-11H2,1-3H3. The molecule has 0 spiro atoms. The van der Waals surface area contributed by atoms with Crippen LogP contribution in [0.25, 0.3) is 0 Å². The van der Waals surface area contributed by atoms with Gasteiger partial charge in [0.1, 0.15) is 0 Å². The van der Waals surface area contributed by atoms with Gasteiger partial charge in [0.2, 0.25) is 5.91 Å². The zero-order valence-corrected chi connectivity index (χ0v) is 11.5. The smallest absolute Gasteiger partial charge is 0.223 e. The highest BCUT2D eigenvalue weighted by molar-refractivity contribution is 5.77. The van der Waals surface area contributed by atoms with Gasteiger partial charge in [-0.3, -0.25) is 9.69 Å². The van der Waals surface area contributed by atoms with E-state index < -0.39 is 0 Å². The van der Waals surface area contributed by atoms with Crippen LogP contribution in [0, 0.1) is 5.41 Å². The maximum absolute atomic E-state index is 12.0. The molecule has 17 heavy (non-hydrogen) atoms. The molecule has 0 radical (unpaired) electrons. The fourth-order valence-corrected chi connectivity index (χ4v) is 2.74. The Bertz CT molecular complexity index is 270. The van der Waals surface area contributed by atoms with E-state index in [0.29, 0.717) is 18.4 Å². The van der Waals surface area contributed by atoms with Gasteiger partial charge < -0.3 is 4.90 Å². The lowest BCUT2D eigenvalue weighted by Gasteiger charge is -2.47. The van der Waals surface area contributed by atoms with Crippen LogP contribution in [0.3, 0.4) is 0 Å². The predicted molar refractivity (Wildman–Crippen MR) is 69.9 cm³/mol. The summed E-state index contributed by atoms with van der Waals surface area (Å²) in [5.74, 6) is 0.339. The number of rotatable bonds is 2. The summed E-state index contributed by atoms with van der Waals surface area (Å²) in [6, 6.07) is 0.652. The van der Waals surface area contributed by atoms with Gasteiger partial charge in [0.05, 0.1) is 0 Å². The number of carbonyl (C=O) groups excluding carboxylic acids is 1. The summed E-state index contributed by atoms with van der Waals surface area (Å²) in [4.78, 5) is 16.6. The molecule has 2 saturated heterocycles. The Morgan fingerprint density at radius 2 is 1.71 bits per heavy atom. The minimum absolute atomic E-state index is 0.118. The van der Waals surface area contributed by atoms with Crippen LogP contribution >= 0.6 is 0 Å². The number of carbonyl (C=O) groups is 1. The van der Waals surface area contributed by atoms with Crippen molar-refractivity contribution in [2.45, 2.75) is 52.5 Å². The molecule has 0 unspecified atom stereocenters. The SMILES string of the molecule is CC(C)(C)CC(=O)N1CC(N2CCCCC2)C1. The molecule has 98 valence electrons. The molecule has 3 nitrogen and oxygen atoms in total. The quantitative estimate of drug-likeness (QED) is 0.735. The van der Waals surface area contributed by atoms with Gasteiger partial charge in [-0.1, -0.05) is 27.2 Å². The molecular formula is C14H26N2O. The molecule has 1 amide bonds. The molecule has 2 fully saturated rings. The molecule has 0 saturated carbocycles. The summed E-state index contributed by atoms with van der Waals surface area (Å²) >= 11 is 0. The summed E-state index contributed by atoms with van der Waals surface area (Å²) in [6.07, 6.45) is 4.74. The Morgan fingerprint density at radius 1 is 1.12 bits per heavy atom. The van der Waals surface area contributed by atoms with Gasteiger partial charge in [0.15, 0.2) is 0 Å². The van der Waals surface area contributed by atoms with Gasteiger partial charge in [-0.2, -0.15) is 0 Å². The second kappa shape index (κ2) is 4.97. The van der Waals surface area contributed by atoms with Crippen LogP contribution in [0.15, 0.2) is 0 Å². The largest absolute Gasteiger partial charge is 0.339 e. The zero-order chi connectivity index (χ0) is 12.5. The number of hydrogen-bond donors (Lipinski definition) is 0. The molecule has 2 rings (SSSR count). The van der Waals surface area contributed by atoms with Gasteiger partial charge in [-0.15, -0.1) is 0 Å². The molecule has 2 heterocycles. The van der Waals surface area contributed by atoms with Gasteiger partial charge in [0, 0.05) is 25.6 Å². The maximum Gasteiger partial charge on any atom is 0.223 e. The van der Waals surface area contributed by atoms with E-state index in [0.717, 1.165) is 13.1 Å². The van der Waals surface area contributed by atoms with E-state index in [1.807, 2.05) is 4.90 Å². The first-order chi connectivity index (χ1) is 7.96. The van der Waals surface area contributed by atoms with Crippen molar-refractivity contribution in [2.75, 3.05) is 26.2 Å². The summed E-state index contributed by atoms with van der Waals surface area (Å²) in [7, 11) is 0. The van der Waals surface area contributed by atoms with Crippen molar-refractivity contribution >= 4 is 5.91 Å². The Balaban J connectivity index is 1.72. The first-order valence-corrected chi connectivity index (χ1v) is 6.97. The van der Waals surface area contributed by atoms with Crippen LogP contribution in [-0.4, -0.2) is 47.9 Å². The summed E-state index contributed by atoms with van der Waals surface area (Å²) in [5.41, 5.74) is 0.118. The molecule has 2 aliphatic heterocycles. The highest BCUT2D eigenvalue weighted by atomic mass is 16.2. The third-order valence-corrected chi connectivity index (χ3v) is 3.80. The number of piperidine rings is 1. The van der Waals surface area contributed by atoms with Gasteiger partial charge in [0.25, 0.3) is 0 Å². The summed E-state index contributed by atoms with van der Waals surface area (Å²) in [6.45, 7) is 10.8. The zero-order valence-electron chi connectivity index (χ0n) is 11.5. The van der Waals surface area contributed by atoms with E-state index in [2.05, 4.69) is 25.7 Å². The molecule has 0 aromatic heterocycles. The molecule has 0 aromatic carbocycles. The Labute approximate surface area is 105 Å². The summed E-state index contributed by atoms with van der Waals surface area (Å²) < 4.78 is 0. The van der Waals surface area contributed by atoms with Crippen molar-refractivity contribution < 1.29 is 4.79 Å². The lowest BCUT2D eigenvalue weighted by molar-refractivity contribution is -0.140. The van der Waals surface area contributed by atoms with Crippen molar-refractivity contribution in [3.63, 3.8) is 0 Å². The second-order valence-electron chi connectivity index (χ2n) is 6.79. The molecular weight excluding hydrogens is 212 g/mol. The molecule has 3 heteroatoms. The van der Waals surface area contributed by atoms with Crippen LogP contribution in [0.2, 0.25) is 0 Å². The van der Waals surface area contributed by atoms with E-state index in [9.17, 15) is 4.79 Å². The van der Waals surface area contributed by atoms with E-state index in [-0.39, 0.29) is 5.41 Å². The van der Waals surface area contributed by atoms with Crippen LogP contribution in [0.1, 0.15) is 46.5 Å². The Hall–Kier alpha value is -0.570. The molecule has 0 atom stereocenters. The van der Waals surface area contributed by atoms with Gasteiger partial charge in [-0.05, 0) is 31.3 Å². The highest BCUT2D eigenvalue weighted by Crippen LogP contribution is 2.24. The van der Waals surface area contributed by atoms with E-state index >= 15 is 0 Å². The monoisotopic (exact) mass is 238 g/mol. The second-order valence-corrected chi connectivity index (χ2v) is 6.79. The van der Waals surface area contributed by atoms with Crippen LogP contribution in [0.4, 0.5) is 0 Å². The minimum atomic E-state index is 0.118. The molecule has 0 aliphatic carbocycles. The lowest BCUT2D eigenvalue weighted by atomic mass is 9.90. The number of likely N-dealkylation sites (tertiary alicyclic amines) is 2. The van der Waals surface area contributed by atoms with Crippen molar-refractivity contribution in [3.8, 4) is 0 Å². The lowest BCUT2D eigenvalue weighted by Crippen LogP contribution is -2.62. The van der Waals surface area contributed by atoms with Crippen LogP contribution in [-0.2, 0) is 4.79 Å². The normalized spacial score (nSPS) is 23.6. The third-order valence-electron chi connectivity index (χ3n) is 3.80. The average Bonchev–Trinajstić information content (AvgIpc) is 2.14. The highest BCUT2D eigenvalue weighted by Gasteiger charge is 2.35. The number of hydrogen-bond acceptors (Lipinski definition) is 2. The topological polar surface area (TPSA) is 23.6 Å². The van der Waals surface area contributed by atoms with Gasteiger partial charge in [-0.25, -0.2) is 0 Å². The van der Waals surface area contributed by atoms with Crippen molar-refractivity contribution in [1.29, 1.82) is 0 Å². The van der Waals surface area contributed by atoms with E-state index in [4.69, 9.17) is 0 Å². The van der Waals surface area contributed by atoms with Crippen LogP contribution in [0.5, 0.6) is 0 Å². The van der Waals surface area contributed by atoms with E-state index in [1.165, 1.54) is 32.4 Å². The first-order valence-electron chi connectivity index (χ1n) is 6.97. The van der Waals surface area contributed by atoms with Crippen molar-refractivity contribution in [2.24, 2.45) is 5.41 Å². The first kappa shape index (κ1) is 12.9. The Morgan fingerprint density at radius 3 is 2.24 bits per heavy atom. The number of amides is 1. The summed E-state index contributed by atoms with van der Waals surface area (Å²) in [5, 5.41) is 0. The predicted octanol–water partition coefficient (Wildman–Crippen LogP) is 2.12. The Kier molecular flexibility index (Phi) is 3.76.